The molecule has 0 aliphatic rings. The maximum Gasteiger partial charge on any atom is 0.189 e. The third-order valence-electron chi connectivity index (χ3n) is 3.31. The van der Waals surface area contributed by atoms with Gasteiger partial charge in [0.25, 0.3) is 0 Å². The topological polar surface area (TPSA) is 69.6 Å². The van der Waals surface area contributed by atoms with Crippen molar-refractivity contribution in [3.8, 4) is 17.1 Å². The Morgan fingerprint density at radius 1 is 1.14 bits per heavy atom. The molecule has 3 rings (SSSR count). The van der Waals surface area contributed by atoms with E-state index >= 15 is 0 Å². The number of hydrogen-bond donors (Lipinski definition) is 1. The third kappa shape index (κ3) is 2.60. The molecule has 2 N–H and O–H groups in total. The SMILES string of the molecule is CCc1ccc(-n2nnnc2-c2cc(Cl)ccc2N)cc1. The van der Waals surface area contributed by atoms with Crippen molar-refractivity contribution in [3.63, 3.8) is 0 Å². The summed E-state index contributed by atoms with van der Waals surface area (Å²) in [7, 11) is 0. The highest BCUT2D eigenvalue weighted by Gasteiger charge is 2.14. The van der Waals surface area contributed by atoms with E-state index in [9.17, 15) is 0 Å². The summed E-state index contributed by atoms with van der Waals surface area (Å²) in [4.78, 5) is 0. The molecular weight excluding hydrogens is 286 g/mol. The Labute approximate surface area is 127 Å². The summed E-state index contributed by atoms with van der Waals surface area (Å²) in [5, 5.41) is 12.5. The van der Waals surface area contributed by atoms with Gasteiger partial charge >= 0.3 is 0 Å². The third-order valence-corrected chi connectivity index (χ3v) is 3.55. The largest absolute Gasteiger partial charge is 0.398 e. The van der Waals surface area contributed by atoms with Crippen molar-refractivity contribution in [1.82, 2.24) is 20.2 Å². The van der Waals surface area contributed by atoms with Crippen molar-refractivity contribution in [3.05, 3.63) is 53.1 Å². The fourth-order valence-corrected chi connectivity index (χ4v) is 2.30. The Kier molecular flexibility index (Phi) is 3.58. The van der Waals surface area contributed by atoms with Crippen molar-refractivity contribution in [2.75, 3.05) is 5.73 Å². The Morgan fingerprint density at radius 3 is 2.62 bits per heavy atom. The minimum Gasteiger partial charge on any atom is -0.398 e. The molecule has 21 heavy (non-hydrogen) atoms. The number of nitrogen functional groups attached to an aromatic ring is 1. The van der Waals surface area contributed by atoms with E-state index < -0.39 is 0 Å². The van der Waals surface area contributed by atoms with Crippen LogP contribution in [0, 0.1) is 0 Å². The molecule has 0 atom stereocenters. The van der Waals surface area contributed by atoms with Crippen molar-refractivity contribution in [2.24, 2.45) is 0 Å². The second-order valence-electron chi connectivity index (χ2n) is 4.67. The number of rotatable bonds is 3. The Morgan fingerprint density at radius 2 is 1.90 bits per heavy atom. The van der Waals surface area contributed by atoms with E-state index in [0.717, 1.165) is 12.1 Å². The van der Waals surface area contributed by atoms with Gasteiger partial charge in [-0.3, -0.25) is 0 Å². The van der Waals surface area contributed by atoms with Gasteiger partial charge in [0.05, 0.1) is 5.69 Å². The molecule has 0 fully saturated rings. The van der Waals surface area contributed by atoms with Crippen LogP contribution in [0.15, 0.2) is 42.5 Å². The van der Waals surface area contributed by atoms with Crippen LogP contribution in [0.25, 0.3) is 17.1 Å². The summed E-state index contributed by atoms with van der Waals surface area (Å²) in [6.07, 6.45) is 0.990. The molecule has 5 nitrogen and oxygen atoms in total. The van der Waals surface area contributed by atoms with Gasteiger partial charge in [-0.1, -0.05) is 30.7 Å². The van der Waals surface area contributed by atoms with Gasteiger partial charge in [0.1, 0.15) is 0 Å². The van der Waals surface area contributed by atoms with Gasteiger partial charge in [-0.15, -0.1) is 5.10 Å². The predicted octanol–water partition coefficient (Wildman–Crippen LogP) is 3.13. The summed E-state index contributed by atoms with van der Waals surface area (Å²) in [5.41, 5.74) is 9.45. The molecule has 0 saturated carbocycles. The summed E-state index contributed by atoms with van der Waals surface area (Å²) in [6.45, 7) is 2.12. The minimum absolute atomic E-state index is 0.569. The molecule has 0 radical (unpaired) electrons. The first kappa shape index (κ1) is 13.6. The van der Waals surface area contributed by atoms with Crippen LogP contribution in [0.5, 0.6) is 0 Å². The molecule has 0 spiro atoms. The summed E-state index contributed by atoms with van der Waals surface area (Å²) < 4.78 is 1.65. The molecule has 106 valence electrons. The van der Waals surface area contributed by atoms with Gasteiger partial charge in [-0.25, -0.2) is 0 Å². The fourth-order valence-electron chi connectivity index (χ4n) is 2.12. The van der Waals surface area contributed by atoms with Crippen molar-refractivity contribution >= 4 is 17.3 Å². The molecule has 0 unspecified atom stereocenters. The molecule has 6 heteroatoms. The zero-order valence-corrected chi connectivity index (χ0v) is 12.2. The minimum atomic E-state index is 0.569. The monoisotopic (exact) mass is 299 g/mol. The van der Waals surface area contributed by atoms with Gasteiger partial charge in [-0.05, 0) is 52.7 Å². The van der Waals surface area contributed by atoms with Crippen LogP contribution in [-0.2, 0) is 6.42 Å². The number of nitrogens with zero attached hydrogens (tertiary/aromatic N) is 4. The number of nitrogens with two attached hydrogens (primary N) is 1. The lowest BCUT2D eigenvalue weighted by molar-refractivity contribution is 0.791. The van der Waals surface area contributed by atoms with E-state index in [0.29, 0.717) is 22.1 Å². The number of aromatic nitrogens is 4. The molecule has 0 amide bonds. The van der Waals surface area contributed by atoms with Gasteiger partial charge in [-0.2, -0.15) is 4.68 Å². The average molecular weight is 300 g/mol. The highest BCUT2D eigenvalue weighted by Crippen LogP contribution is 2.28. The van der Waals surface area contributed by atoms with E-state index in [4.69, 9.17) is 17.3 Å². The lowest BCUT2D eigenvalue weighted by Crippen LogP contribution is -2.02. The maximum absolute atomic E-state index is 6.04. The zero-order chi connectivity index (χ0) is 14.8. The van der Waals surface area contributed by atoms with Gasteiger partial charge in [0, 0.05) is 16.3 Å². The normalized spacial score (nSPS) is 10.8. The van der Waals surface area contributed by atoms with Gasteiger partial charge < -0.3 is 5.73 Å². The van der Waals surface area contributed by atoms with Crippen LogP contribution in [-0.4, -0.2) is 20.2 Å². The predicted molar refractivity (Wildman–Crippen MR) is 83.4 cm³/mol. The summed E-state index contributed by atoms with van der Waals surface area (Å²) >= 11 is 6.04. The number of tetrazole rings is 1. The lowest BCUT2D eigenvalue weighted by Gasteiger charge is -2.08. The smallest absolute Gasteiger partial charge is 0.189 e. The van der Waals surface area contributed by atoms with Gasteiger partial charge in [0.15, 0.2) is 5.82 Å². The van der Waals surface area contributed by atoms with E-state index in [1.807, 2.05) is 12.1 Å². The van der Waals surface area contributed by atoms with Crippen LogP contribution >= 0.6 is 11.6 Å². The fraction of sp³-hybridized carbons (Fsp3) is 0.133. The van der Waals surface area contributed by atoms with E-state index in [-0.39, 0.29) is 0 Å². The first-order chi connectivity index (χ1) is 10.2. The average Bonchev–Trinajstić information content (AvgIpc) is 2.99. The first-order valence-electron chi connectivity index (χ1n) is 6.62. The quantitative estimate of drug-likeness (QED) is 0.754. The molecule has 0 aliphatic carbocycles. The van der Waals surface area contributed by atoms with Crippen LogP contribution in [0.3, 0.4) is 0 Å². The summed E-state index contributed by atoms with van der Waals surface area (Å²) in [5.74, 6) is 0.569. The Balaban J connectivity index is 2.10. The Hall–Kier alpha value is -2.40. The molecule has 3 aromatic rings. The van der Waals surface area contributed by atoms with Crippen molar-refractivity contribution in [1.29, 1.82) is 0 Å². The van der Waals surface area contributed by atoms with E-state index in [1.54, 1.807) is 22.9 Å². The highest BCUT2D eigenvalue weighted by molar-refractivity contribution is 6.31. The standard InChI is InChI=1S/C15H14ClN5/c1-2-10-3-6-12(7-4-10)21-15(18-19-20-21)13-9-11(16)5-8-14(13)17/h3-9H,2,17H2,1H3. The second-order valence-corrected chi connectivity index (χ2v) is 5.10. The number of aryl methyl sites for hydroxylation is 1. The molecule has 1 aromatic heterocycles. The highest BCUT2D eigenvalue weighted by atomic mass is 35.5. The van der Waals surface area contributed by atoms with Crippen LogP contribution < -0.4 is 5.73 Å². The number of anilines is 1. The number of halogens is 1. The maximum atomic E-state index is 6.04. The number of benzene rings is 2. The number of hydrogen-bond acceptors (Lipinski definition) is 4. The van der Waals surface area contributed by atoms with Crippen molar-refractivity contribution < 1.29 is 0 Å². The van der Waals surface area contributed by atoms with Crippen LogP contribution in [0.4, 0.5) is 5.69 Å². The molecule has 0 bridgehead atoms. The molecule has 1 heterocycles. The first-order valence-corrected chi connectivity index (χ1v) is 7.00. The summed E-state index contributed by atoms with van der Waals surface area (Å²) in [6, 6.07) is 13.3. The van der Waals surface area contributed by atoms with E-state index in [1.165, 1.54) is 5.56 Å². The van der Waals surface area contributed by atoms with Crippen LogP contribution in [0.1, 0.15) is 12.5 Å². The van der Waals surface area contributed by atoms with Crippen molar-refractivity contribution in [2.45, 2.75) is 13.3 Å². The van der Waals surface area contributed by atoms with Gasteiger partial charge in [0.2, 0.25) is 0 Å². The molecule has 2 aromatic carbocycles. The Bertz CT molecular complexity index is 764. The lowest BCUT2D eigenvalue weighted by atomic mass is 10.1. The molecule has 0 aliphatic heterocycles. The molecular formula is C15H14ClN5. The zero-order valence-electron chi connectivity index (χ0n) is 11.5. The molecule has 0 saturated heterocycles. The second kappa shape index (κ2) is 5.54. The van der Waals surface area contributed by atoms with E-state index in [2.05, 4.69) is 34.6 Å². The van der Waals surface area contributed by atoms with Crippen LogP contribution in [0.2, 0.25) is 5.02 Å².